The molecule has 0 aromatic rings. The van der Waals surface area contributed by atoms with Gasteiger partial charge in [-0.3, -0.25) is 13.8 Å². The lowest BCUT2D eigenvalue weighted by Gasteiger charge is -2.24. The van der Waals surface area contributed by atoms with Crippen molar-refractivity contribution >= 4 is 13.8 Å². The van der Waals surface area contributed by atoms with Gasteiger partial charge in [0.05, 0.1) is 34.4 Å². The van der Waals surface area contributed by atoms with Crippen molar-refractivity contribution in [2.75, 3.05) is 54.1 Å². The van der Waals surface area contributed by atoms with E-state index >= 15 is 0 Å². The summed E-state index contributed by atoms with van der Waals surface area (Å²) in [5.41, 5.74) is 0. The van der Waals surface area contributed by atoms with E-state index in [2.05, 4.69) is 74.6 Å². The van der Waals surface area contributed by atoms with Crippen LogP contribution < -0.4 is 0 Å². The van der Waals surface area contributed by atoms with Crippen molar-refractivity contribution in [1.82, 2.24) is 0 Å². The lowest BCUT2D eigenvalue weighted by atomic mass is 10.1. The van der Waals surface area contributed by atoms with Gasteiger partial charge in [0.25, 0.3) is 0 Å². The first-order chi connectivity index (χ1) is 27.6. The molecule has 9 heteroatoms. The van der Waals surface area contributed by atoms with Gasteiger partial charge in [0.2, 0.25) is 0 Å². The molecule has 0 aliphatic rings. The van der Waals surface area contributed by atoms with E-state index < -0.39 is 13.9 Å². The minimum Gasteiger partial charge on any atom is -0.457 e. The molecule has 0 amide bonds. The molecule has 0 bridgehead atoms. The minimum absolute atomic E-state index is 0.0795. The van der Waals surface area contributed by atoms with E-state index in [0.717, 1.165) is 70.6 Å². The molecule has 0 rings (SSSR count). The predicted octanol–water partition coefficient (Wildman–Crippen LogP) is 13.7. The molecular formula is C48H89NO7P+. The number of nitrogens with zero attached hydrogens (tertiary/aromatic N) is 1. The fraction of sp³-hybridized carbons (Fsp3) is 0.771. The van der Waals surface area contributed by atoms with Gasteiger partial charge in [-0.25, -0.2) is 4.57 Å². The number of carbonyl (C=O) groups is 1. The number of quaternary nitrogens is 1. The monoisotopic (exact) mass is 823 g/mol. The highest BCUT2D eigenvalue weighted by molar-refractivity contribution is 7.47. The van der Waals surface area contributed by atoms with Gasteiger partial charge >= 0.3 is 13.8 Å². The molecule has 2 unspecified atom stereocenters. The molecule has 0 aromatic carbocycles. The number of hydrogen-bond acceptors (Lipinski definition) is 6. The standard InChI is InChI=1S/C48H88NO7P/c1-6-8-10-12-14-16-18-20-22-24-25-26-27-29-31-33-35-37-39-41-48(50)56-47(46-55-57(51,52)54-44-42-49(3,4)5)45-53-43-40-38-36-34-32-30-28-23-21-19-17-15-13-11-9-7-2/h9,11,15,17,20-23,30,32,47H,6-8,10,12-14,16,18-19,24-29,31,33-46H2,1-5H3/p+1/b11-9-,17-15-,22-20-,23-21-,32-30-. The van der Waals surface area contributed by atoms with Crippen LogP contribution in [0.2, 0.25) is 0 Å². The predicted molar refractivity (Wildman–Crippen MR) is 242 cm³/mol. The van der Waals surface area contributed by atoms with Gasteiger partial charge < -0.3 is 18.9 Å². The second-order valence-electron chi connectivity index (χ2n) is 16.4. The molecular weight excluding hydrogens is 734 g/mol. The molecule has 0 fully saturated rings. The second-order valence-corrected chi connectivity index (χ2v) is 17.9. The summed E-state index contributed by atoms with van der Waals surface area (Å²) in [5, 5.41) is 0. The van der Waals surface area contributed by atoms with E-state index in [1.165, 1.54) is 89.9 Å². The van der Waals surface area contributed by atoms with E-state index in [-0.39, 0.29) is 25.8 Å². The number of ether oxygens (including phenoxy) is 2. The van der Waals surface area contributed by atoms with Crippen LogP contribution in [0.5, 0.6) is 0 Å². The third kappa shape index (κ3) is 45.1. The number of rotatable bonds is 42. The quantitative estimate of drug-likeness (QED) is 0.0215. The number of hydrogen-bond donors (Lipinski definition) is 1. The average molecular weight is 823 g/mol. The van der Waals surface area contributed by atoms with Crippen molar-refractivity contribution in [3.8, 4) is 0 Å². The molecule has 0 saturated carbocycles. The van der Waals surface area contributed by atoms with Crippen LogP contribution >= 0.6 is 7.82 Å². The summed E-state index contributed by atoms with van der Waals surface area (Å²) < 4.78 is 35.0. The lowest BCUT2D eigenvalue weighted by Crippen LogP contribution is -2.37. The molecule has 0 heterocycles. The highest BCUT2D eigenvalue weighted by Gasteiger charge is 2.26. The Morgan fingerprint density at radius 2 is 1.02 bits per heavy atom. The van der Waals surface area contributed by atoms with Gasteiger partial charge in [0, 0.05) is 13.0 Å². The molecule has 0 saturated heterocycles. The van der Waals surface area contributed by atoms with Gasteiger partial charge in [0.15, 0.2) is 0 Å². The van der Waals surface area contributed by atoms with E-state index in [0.29, 0.717) is 24.1 Å². The third-order valence-electron chi connectivity index (χ3n) is 9.56. The molecule has 0 aliphatic carbocycles. The zero-order valence-electron chi connectivity index (χ0n) is 37.6. The summed E-state index contributed by atoms with van der Waals surface area (Å²) in [6.45, 7) is 5.42. The van der Waals surface area contributed by atoms with Crippen molar-refractivity contribution in [1.29, 1.82) is 0 Å². The summed E-state index contributed by atoms with van der Waals surface area (Å²) in [6, 6.07) is 0. The Morgan fingerprint density at radius 3 is 1.54 bits per heavy atom. The van der Waals surface area contributed by atoms with Gasteiger partial charge in [-0.1, -0.05) is 158 Å². The third-order valence-corrected chi connectivity index (χ3v) is 10.5. The number of allylic oxidation sites excluding steroid dienone is 10. The number of phosphoric acid groups is 1. The van der Waals surface area contributed by atoms with Crippen molar-refractivity contribution < 1.29 is 37.3 Å². The smallest absolute Gasteiger partial charge is 0.457 e. The van der Waals surface area contributed by atoms with Crippen LogP contribution in [0.4, 0.5) is 0 Å². The summed E-state index contributed by atoms with van der Waals surface area (Å²) in [7, 11) is 1.64. The molecule has 0 aromatic heterocycles. The summed E-state index contributed by atoms with van der Waals surface area (Å²) in [4.78, 5) is 22.9. The molecule has 57 heavy (non-hydrogen) atoms. The molecule has 0 aliphatic heterocycles. The van der Waals surface area contributed by atoms with E-state index in [9.17, 15) is 14.3 Å². The topological polar surface area (TPSA) is 91.3 Å². The zero-order chi connectivity index (χ0) is 42.0. The van der Waals surface area contributed by atoms with Crippen LogP contribution in [0.25, 0.3) is 0 Å². The second kappa shape index (κ2) is 41.0. The molecule has 1 N–H and O–H groups in total. The summed E-state index contributed by atoms with van der Waals surface area (Å²) in [6.07, 6.45) is 51.2. The number of likely N-dealkylation sites (N-methyl/N-ethyl adjacent to an activating group) is 1. The lowest BCUT2D eigenvalue weighted by molar-refractivity contribution is -0.870. The Hall–Kier alpha value is -1.80. The Bertz CT molecular complexity index is 1090. The van der Waals surface area contributed by atoms with E-state index in [4.69, 9.17) is 18.5 Å². The molecule has 332 valence electrons. The van der Waals surface area contributed by atoms with Gasteiger partial charge in [-0.2, -0.15) is 0 Å². The first kappa shape index (κ1) is 55.2. The van der Waals surface area contributed by atoms with E-state index in [1.54, 1.807) is 0 Å². The fourth-order valence-corrected chi connectivity index (χ4v) is 6.75. The van der Waals surface area contributed by atoms with Crippen LogP contribution in [0.15, 0.2) is 60.8 Å². The molecule has 2 atom stereocenters. The molecule has 0 spiro atoms. The minimum atomic E-state index is -4.29. The highest BCUT2D eigenvalue weighted by atomic mass is 31.2. The van der Waals surface area contributed by atoms with Crippen LogP contribution in [-0.4, -0.2) is 75.6 Å². The van der Waals surface area contributed by atoms with Crippen LogP contribution in [0, 0.1) is 0 Å². The van der Waals surface area contributed by atoms with Crippen molar-refractivity contribution in [3.63, 3.8) is 0 Å². The summed E-state index contributed by atoms with van der Waals surface area (Å²) >= 11 is 0. The van der Waals surface area contributed by atoms with Gasteiger partial charge in [-0.05, 0) is 77.0 Å². The van der Waals surface area contributed by atoms with Gasteiger partial charge in [0.1, 0.15) is 19.3 Å². The average Bonchev–Trinajstić information content (AvgIpc) is 3.16. The maximum absolute atomic E-state index is 12.7. The maximum Gasteiger partial charge on any atom is 0.472 e. The number of esters is 1. The van der Waals surface area contributed by atoms with Crippen molar-refractivity contribution in [3.05, 3.63) is 60.8 Å². The normalized spacial score (nSPS) is 14.3. The van der Waals surface area contributed by atoms with Crippen molar-refractivity contribution in [2.45, 2.75) is 187 Å². The first-order valence-electron chi connectivity index (χ1n) is 23.0. The van der Waals surface area contributed by atoms with Crippen LogP contribution in [0.3, 0.4) is 0 Å². The van der Waals surface area contributed by atoms with E-state index in [1.807, 2.05) is 21.1 Å². The maximum atomic E-state index is 12.7. The SMILES string of the molecule is CC/C=C\C/C=C\C/C=C\C/C=C\CCCCCOCC(COP(=O)(O)OCC[N+](C)(C)C)OC(=O)CCCCCCCCCCC/C=C\CCCCCCCC. The number of unbranched alkanes of at least 4 members (excludes halogenated alkanes) is 18. The molecule has 0 radical (unpaired) electrons. The Kier molecular flexibility index (Phi) is 39.7. The highest BCUT2D eigenvalue weighted by Crippen LogP contribution is 2.43. The Labute approximate surface area is 351 Å². The largest absolute Gasteiger partial charge is 0.472 e. The number of phosphoric ester groups is 1. The molecule has 8 nitrogen and oxygen atoms in total. The zero-order valence-corrected chi connectivity index (χ0v) is 38.5. The van der Waals surface area contributed by atoms with Crippen LogP contribution in [0.1, 0.15) is 181 Å². The van der Waals surface area contributed by atoms with Crippen molar-refractivity contribution in [2.24, 2.45) is 0 Å². The fourth-order valence-electron chi connectivity index (χ4n) is 6.01. The number of carbonyl (C=O) groups excluding carboxylic acids is 1. The summed E-state index contributed by atoms with van der Waals surface area (Å²) in [5.74, 6) is -0.329. The Morgan fingerprint density at radius 1 is 0.561 bits per heavy atom. The first-order valence-corrected chi connectivity index (χ1v) is 24.5. The van der Waals surface area contributed by atoms with Crippen LogP contribution in [-0.2, 0) is 27.9 Å². The Balaban J connectivity index is 4.26. The van der Waals surface area contributed by atoms with Gasteiger partial charge in [-0.15, -0.1) is 0 Å².